The van der Waals surface area contributed by atoms with Gasteiger partial charge in [-0.3, -0.25) is 0 Å². The Morgan fingerprint density at radius 2 is 2.27 bits per heavy atom. The maximum Gasteiger partial charge on any atom is 0.0739 e. The first-order valence-electron chi connectivity index (χ1n) is 5.47. The van der Waals surface area contributed by atoms with Gasteiger partial charge in [0.25, 0.3) is 0 Å². The number of rotatable bonds is 4. The van der Waals surface area contributed by atoms with Gasteiger partial charge in [0, 0.05) is 6.04 Å². The van der Waals surface area contributed by atoms with Crippen LogP contribution in [0, 0.1) is 5.92 Å². The van der Waals surface area contributed by atoms with E-state index in [1.54, 1.807) is 0 Å². The predicted molar refractivity (Wildman–Crippen MR) is 66.3 cm³/mol. The molecule has 0 saturated heterocycles. The van der Waals surface area contributed by atoms with Crippen molar-refractivity contribution in [3.05, 3.63) is 23.2 Å². The second-order valence-corrected chi connectivity index (χ2v) is 4.83. The highest BCUT2D eigenvalue weighted by molar-refractivity contribution is 6.33. The van der Waals surface area contributed by atoms with Gasteiger partial charge < -0.3 is 11.1 Å². The molecule has 2 rings (SSSR count). The lowest BCUT2D eigenvalue weighted by molar-refractivity contribution is 0.642. The molecule has 0 bridgehead atoms. The van der Waals surface area contributed by atoms with Gasteiger partial charge in [-0.1, -0.05) is 30.5 Å². The van der Waals surface area contributed by atoms with Crippen LogP contribution in [0.1, 0.15) is 26.2 Å². The quantitative estimate of drug-likeness (QED) is 0.768. The molecule has 1 aliphatic carbocycles. The Hall–Kier alpha value is -0.890. The van der Waals surface area contributed by atoms with E-state index in [1.165, 1.54) is 19.3 Å². The van der Waals surface area contributed by atoms with E-state index in [4.69, 9.17) is 17.3 Å². The first kappa shape index (κ1) is 10.6. The third-order valence-corrected chi connectivity index (χ3v) is 3.17. The standard InChI is InChI=1S/C12H17ClN2/c1-8(7-9-5-6-9)15-11-4-2-3-10(13)12(11)14/h2-4,8-9,15H,5-7,14H2,1H3. The molecule has 1 unspecified atom stereocenters. The zero-order valence-electron chi connectivity index (χ0n) is 8.96. The minimum Gasteiger partial charge on any atom is -0.396 e. The van der Waals surface area contributed by atoms with Crippen molar-refractivity contribution in [2.75, 3.05) is 11.1 Å². The third-order valence-electron chi connectivity index (χ3n) is 2.84. The lowest BCUT2D eigenvalue weighted by Gasteiger charge is -2.16. The van der Waals surface area contributed by atoms with Crippen molar-refractivity contribution in [3.63, 3.8) is 0 Å². The topological polar surface area (TPSA) is 38.0 Å². The van der Waals surface area contributed by atoms with Crippen LogP contribution in [0.3, 0.4) is 0 Å². The highest BCUT2D eigenvalue weighted by Gasteiger charge is 2.23. The number of nitrogen functional groups attached to an aromatic ring is 1. The average Bonchev–Trinajstić information content (AvgIpc) is 2.97. The smallest absolute Gasteiger partial charge is 0.0739 e. The summed E-state index contributed by atoms with van der Waals surface area (Å²) in [6, 6.07) is 6.18. The summed E-state index contributed by atoms with van der Waals surface area (Å²) >= 11 is 5.95. The fraction of sp³-hybridized carbons (Fsp3) is 0.500. The van der Waals surface area contributed by atoms with Crippen LogP contribution >= 0.6 is 11.6 Å². The van der Waals surface area contributed by atoms with Crippen molar-refractivity contribution in [2.24, 2.45) is 5.92 Å². The van der Waals surface area contributed by atoms with Crippen LogP contribution < -0.4 is 11.1 Å². The van der Waals surface area contributed by atoms with E-state index in [1.807, 2.05) is 18.2 Å². The first-order chi connectivity index (χ1) is 7.16. The number of anilines is 2. The van der Waals surface area contributed by atoms with Crippen LogP contribution in [0.25, 0.3) is 0 Å². The van der Waals surface area contributed by atoms with E-state index in [2.05, 4.69) is 12.2 Å². The Kier molecular flexibility index (Phi) is 3.06. The molecule has 0 amide bonds. The summed E-state index contributed by atoms with van der Waals surface area (Å²) in [6.07, 6.45) is 4.00. The van der Waals surface area contributed by atoms with Crippen LogP contribution in [-0.4, -0.2) is 6.04 Å². The first-order valence-corrected chi connectivity index (χ1v) is 5.85. The molecule has 0 aromatic heterocycles. The molecule has 3 N–H and O–H groups in total. The molecule has 0 spiro atoms. The maximum atomic E-state index is 5.95. The van der Waals surface area contributed by atoms with Gasteiger partial charge in [0.05, 0.1) is 16.4 Å². The summed E-state index contributed by atoms with van der Waals surface area (Å²) in [5, 5.41) is 4.04. The van der Waals surface area contributed by atoms with Crippen molar-refractivity contribution >= 4 is 23.0 Å². The third kappa shape index (κ3) is 2.78. The second-order valence-electron chi connectivity index (χ2n) is 4.43. The van der Waals surface area contributed by atoms with Gasteiger partial charge in [0.2, 0.25) is 0 Å². The average molecular weight is 225 g/mol. The number of hydrogen-bond donors (Lipinski definition) is 2. The Labute approximate surface area is 95.8 Å². The van der Waals surface area contributed by atoms with E-state index in [0.717, 1.165) is 11.6 Å². The predicted octanol–water partition coefficient (Wildman–Crippen LogP) is 3.52. The lowest BCUT2D eigenvalue weighted by atomic mass is 10.1. The number of para-hydroxylation sites is 1. The van der Waals surface area contributed by atoms with Crippen molar-refractivity contribution in [1.82, 2.24) is 0 Å². The fourth-order valence-corrected chi connectivity index (χ4v) is 2.02. The summed E-state index contributed by atoms with van der Waals surface area (Å²) in [5.41, 5.74) is 7.49. The minimum atomic E-state index is 0.471. The minimum absolute atomic E-state index is 0.471. The van der Waals surface area contributed by atoms with Crippen LogP contribution in [0.4, 0.5) is 11.4 Å². The van der Waals surface area contributed by atoms with Crippen LogP contribution in [0.2, 0.25) is 5.02 Å². The molecule has 1 aliphatic rings. The largest absolute Gasteiger partial charge is 0.396 e. The molecule has 2 nitrogen and oxygen atoms in total. The molecule has 0 heterocycles. The zero-order valence-corrected chi connectivity index (χ0v) is 9.72. The van der Waals surface area contributed by atoms with E-state index >= 15 is 0 Å². The molecule has 0 radical (unpaired) electrons. The summed E-state index contributed by atoms with van der Waals surface area (Å²) in [6.45, 7) is 2.19. The Bertz CT molecular complexity index is 347. The monoisotopic (exact) mass is 224 g/mol. The van der Waals surface area contributed by atoms with Crippen LogP contribution in [0.15, 0.2) is 18.2 Å². The summed E-state index contributed by atoms with van der Waals surface area (Å²) in [7, 11) is 0. The molecular weight excluding hydrogens is 208 g/mol. The number of benzene rings is 1. The molecule has 3 heteroatoms. The van der Waals surface area contributed by atoms with Gasteiger partial charge in [0.1, 0.15) is 0 Å². The van der Waals surface area contributed by atoms with E-state index in [-0.39, 0.29) is 0 Å². The van der Waals surface area contributed by atoms with Gasteiger partial charge in [-0.2, -0.15) is 0 Å². The summed E-state index contributed by atoms with van der Waals surface area (Å²) in [5.74, 6) is 0.924. The van der Waals surface area contributed by atoms with Gasteiger partial charge in [-0.15, -0.1) is 0 Å². The zero-order chi connectivity index (χ0) is 10.8. The number of nitrogens with two attached hydrogens (primary N) is 1. The Morgan fingerprint density at radius 3 is 2.93 bits per heavy atom. The van der Waals surface area contributed by atoms with E-state index in [9.17, 15) is 0 Å². The molecule has 82 valence electrons. The van der Waals surface area contributed by atoms with Gasteiger partial charge in [-0.25, -0.2) is 0 Å². The fourth-order valence-electron chi connectivity index (χ4n) is 1.84. The molecule has 1 aromatic carbocycles. The summed E-state index contributed by atoms with van der Waals surface area (Å²) in [4.78, 5) is 0. The van der Waals surface area contributed by atoms with Crippen molar-refractivity contribution in [2.45, 2.75) is 32.2 Å². The summed E-state index contributed by atoms with van der Waals surface area (Å²) < 4.78 is 0. The van der Waals surface area contributed by atoms with E-state index < -0.39 is 0 Å². The van der Waals surface area contributed by atoms with Crippen LogP contribution in [0.5, 0.6) is 0 Å². The molecule has 1 saturated carbocycles. The molecule has 1 aromatic rings. The van der Waals surface area contributed by atoms with Crippen molar-refractivity contribution in [1.29, 1.82) is 0 Å². The normalized spacial score (nSPS) is 17.5. The molecule has 1 atom stereocenters. The molecule has 0 aliphatic heterocycles. The number of hydrogen-bond acceptors (Lipinski definition) is 2. The lowest BCUT2D eigenvalue weighted by Crippen LogP contribution is -2.16. The second kappa shape index (κ2) is 4.31. The van der Waals surface area contributed by atoms with Crippen molar-refractivity contribution in [3.8, 4) is 0 Å². The van der Waals surface area contributed by atoms with Gasteiger partial charge in [0.15, 0.2) is 0 Å². The van der Waals surface area contributed by atoms with Crippen molar-refractivity contribution < 1.29 is 0 Å². The number of nitrogens with one attached hydrogen (secondary N) is 1. The van der Waals surface area contributed by atoms with E-state index in [0.29, 0.717) is 16.8 Å². The molecule has 1 fully saturated rings. The van der Waals surface area contributed by atoms with Gasteiger partial charge in [-0.05, 0) is 31.4 Å². The molecular formula is C12H17ClN2. The highest BCUT2D eigenvalue weighted by atomic mass is 35.5. The highest BCUT2D eigenvalue weighted by Crippen LogP contribution is 2.35. The number of halogens is 1. The SMILES string of the molecule is CC(CC1CC1)Nc1cccc(Cl)c1N. The Balaban J connectivity index is 1.99. The van der Waals surface area contributed by atoms with Gasteiger partial charge >= 0.3 is 0 Å². The Morgan fingerprint density at radius 1 is 1.53 bits per heavy atom. The molecule has 15 heavy (non-hydrogen) atoms. The maximum absolute atomic E-state index is 5.95. The van der Waals surface area contributed by atoms with Crippen LogP contribution in [-0.2, 0) is 0 Å².